The normalized spacial score (nSPS) is 13.5. The molecule has 0 spiro atoms. The number of esters is 2. The number of hydrogen-bond acceptors (Lipinski definition) is 4. The van der Waals surface area contributed by atoms with Crippen LogP contribution in [0, 0.1) is 11.8 Å². The third-order valence-corrected chi connectivity index (χ3v) is 3.63. The van der Waals surface area contributed by atoms with E-state index in [1.165, 1.54) is 0 Å². The molecule has 4 nitrogen and oxygen atoms in total. The van der Waals surface area contributed by atoms with Crippen molar-refractivity contribution in [1.29, 1.82) is 0 Å². The molecule has 2 unspecified atom stereocenters. The summed E-state index contributed by atoms with van der Waals surface area (Å²) in [7, 11) is 0. The molecule has 0 aliphatic carbocycles. The maximum atomic E-state index is 12.2. The smallest absolute Gasteiger partial charge is 0.309 e. The first-order valence-corrected chi connectivity index (χ1v) is 8.41. The Hall–Kier alpha value is -1.06. The van der Waals surface area contributed by atoms with Crippen LogP contribution in [0.15, 0.2) is 0 Å². The van der Waals surface area contributed by atoms with Gasteiger partial charge in [-0.15, -0.1) is 0 Å². The van der Waals surface area contributed by atoms with Crippen LogP contribution in [0.25, 0.3) is 0 Å². The van der Waals surface area contributed by atoms with Gasteiger partial charge in [0.25, 0.3) is 0 Å². The van der Waals surface area contributed by atoms with Gasteiger partial charge in [-0.1, -0.05) is 53.4 Å². The van der Waals surface area contributed by atoms with E-state index in [-0.39, 0.29) is 17.9 Å². The Balaban J connectivity index is 4.48. The lowest BCUT2D eigenvalue weighted by Gasteiger charge is -2.21. The first-order chi connectivity index (χ1) is 10.1. The number of ether oxygens (including phenoxy) is 2. The van der Waals surface area contributed by atoms with Crippen molar-refractivity contribution in [3.8, 4) is 0 Å². The van der Waals surface area contributed by atoms with Crippen molar-refractivity contribution in [2.45, 2.75) is 72.6 Å². The van der Waals surface area contributed by atoms with E-state index in [0.29, 0.717) is 19.6 Å². The Bertz CT molecular complexity index is 289. The van der Waals surface area contributed by atoms with Gasteiger partial charge in [0.1, 0.15) is 0 Å². The molecule has 0 rings (SSSR count). The third kappa shape index (κ3) is 8.74. The maximum absolute atomic E-state index is 12.2. The second-order valence-electron chi connectivity index (χ2n) is 5.58. The van der Waals surface area contributed by atoms with E-state index >= 15 is 0 Å². The van der Waals surface area contributed by atoms with Crippen molar-refractivity contribution in [1.82, 2.24) is 0 Å². The predicted molar refractivity (Wildman–Crippen MR) is 83.9 cm³/mol. The molecule has 0 aliphatic rings. The molecule has 0 fully saturated rings. The monoisotopic (exact) mass is 300 g/mol. The zero-order valence-electron chi connectivity index (χ0n) is 14.2. The van der Waals surface area contributed by atoms with Crippen molar-refractivity contribution >= 4 is 11.9 Å². The molecule has 124 valence electrons. The molecule has 0 saturated carbocycles. The van der Waals surface area contributed by atoms with Crippen LogP contribution in [0.5, 0.6) is 0 Å². The van der Waals surface area contributed by atoms with Gasteiger partial charge in [0, 0.05) is 0 Å². The molecular formula is C17H32O4. The Labute approximate surface area is 129 Å². The van der Waals surface area contributed by atoms with E-state index in [1.807, 2.05) is 6.92 Å². The zero-order chi connectivity index (χ0) is 16.1. The van der Waals surface area contributed by atoms with Crippen LogP contribution in [0.4, 0.5) is 0 Å². The number of carbonyl (C=O) groups excluding carboxylic acids is 2. The van der Waals surface area contributed by atoms with Crippen LogP contribution in [-0.4, -0.2) is 25.2 Å². The lowest BCUT2D eigenvalue weighted by molar-refractivity contribution is -0.160. The zero-order valence-corrected chi connectivity index (χ0v) is 14.2. The van der Waals surface area contributed by atoms with Gasteiger partial charge in [-0.3, -0.25) is 9.59 Å². The van der Waals surface area contributed by atoms with E-state index < -0.39 is 5.92 Å². The highest BCUT2D eigenvalue weighted by molar-refractivity contribution is 5.81. The Morgan fingerprint density at radius 3 is 1.76 bits per heavy atom. The molecule has 0 aliphatic heterocycles. The highest BCUT2D eigenvalue weighted by atomic mass is 16.5. The molecule has 0 aromatic carbocycles. The highest BCUT2D eigenvalue weighted by Crippen LogP contribution is 2.22. The fourth-order valence-corrected chi connectivity index (χ4v) is 2.03. The van der Waals surface area contributed by atoms with E-state index in [0.717, 1.165) is 38.5 Å². The van der Waals surface area contributed by atoms with Crippen molar-refractivity contribution in [2.24, 2.45) is 11.8 Å². The molecule has 0 bridgehead atoms. The summed E-state index contributed by atoms with van der Waals surface area (Å²) >= 11 is 0. The minimum atomic E-state index is -0.428. The lowest BCUT2D eigenvalue weighted by atomic mass is 9.89. The number of carbonyl (C=O) groups is 2. The molecule has 0 amide bonds. The molecule has 0 heterocycles. The van der Waals surface area contributed by atoms with E-state index in [1.54, 1.807) is 6.92 Å². The molecule has 0 aromatic heterocycles. The average molecular weight is 300 g/mol. The SMILES string of the molecule is CCCCOC(=O)C(C)C(CCCC)C(=O)OCCCC. The van der Waals surface area contributed by atoms with E-state index in [4.69, 9.17) is 9.47 Å². The standard InChI is InChI=1S/C17H32O4/c1-5-8-11-15(17(19)21-13-10-7-3)14(4)16(18)20-12-9-6-2/h14-15H,5-13H2,1-4H3. The highest BCUT2D eigenvalue weighted by Gasteiger charge is 2.31. The molecule has 21 heavy (non-hydrogen) atoms. The van der Waals surface area contributed by atoms with Gasteiger partial charge in [0.15, 0.2) is 0 Å². The molecule has 0 N–H and O–H groups in total. The van der Waals surface area contributed by atoms with Crippen LogP contribution in [-0.2, 0) is 19.1 Å². The second-order valence-corrected chi connectivity index (χ2v) is 5.58. The third-order valence-electron chi connectivity index (χ3n) is 3.63. The van der Waals surface area contributed by atoms with Crippen molar-refractivity contribution in [3.05, 3.63) is 0 Å². The van der Waals surface area contributed by atoms with Crippen molar-refractivity contribution in [3.63, 3.8) is 0 Å². The molecule has 0 radical (unpaired) electrons. The van der Waals surface area contributed by atoms with Gasteiger partial charge in [-0.25, -0.2) is 0 Å². The predicted octanol–water partition coefficient (Wildman–Crippen LogP) is 4.12. The van der Waals surface area contributed by atoms with Crippen LogP contribution >= 0.6 is 0 Å². The Morgan fingerprint density at radius 2 is 1.29 bits per heavy atom. The van der Waals surface area contributed by atoms with E-state index in [9.17, 15) is 9.59 Å². The van der Waals surface area contributed by atoms with E-state index in [2.05, 4.69) is 13.8 Å². The van der Waals surface area contributed by atoms with Crippen molar-refractivity contribution < 1.29 is 19.1 Å². The molecule has 0 saturated heterocycles. The summed E-state index contributed by atoms with van der Waals surface area (Å²) in [5.41, 5.74) is 0. The Morgan fingerprint density at radius 1 is 0.810 bits per heavy atom. The Kier molecular flexibility index (Phi) is 12.0. The van der Waals surface area contributed by atoms with Crippen LogP contribution in [0.1, 0.15) is 72.6 Å². The first-order valence-electron chi connectivity index (χ1n) is 8.41. The molecule has 4 heteroatoms. The van der Waals surface area contributed by atoms with Gasteiger partial charge in [0.2, 0.25) is 0 Å². The average Bonchev–Trinajstić information content (AvgIpc) is 2.47. The molecule has 2 atom stereocenters. The summed E-state index contributed by atoms with van der Waals surface area (Å²) in [6.07, 6.45) is 6.30. The fourth-order valence-electron chi connectivity index (χ4n) is 2.03. The summed E-state index contributed by atoms with van der Waals surface area (Å²) < 4.78 is 10.5. The maximum Gasteiger partial charge on any atom is 0.309 e. The summed E-state index contributed by atoms with van der Waals surface area (Å²) in [6, 6.07) is 0. The number of hydrogen-bond donors (Lipinski definition) is 0. The summed E-state index contributed by atoms with van der Waals surface area (Å²) in [5.74, 6) is -1.34. The van der Waals surface area contributed by atoms with Crippen molar-refractivity contribution in [2.75, 3.05) is 13.2 Å². The van der Waals surface area contributed by atoms with Gasteiger partial charge in [-0.05, 0) is 19.3 Å². The van der Waals surface area contributed by atoms with Crippen LogP contribution in [0.3, 0.4) is 0 Å². The minimum absolute atomic E-state index is 0.253. The van der Waals surface area contributed by atoms with Gasteiger partial charge < -0.3 is 9.47 Å². The molecular weight excluding hydrogens is 268 g/mol. The van der Waals surface area contributed by atoms with Crippen LogP contribution in [0.2, 0.25) is 0 Å². The minimum Gasteiger partial charge on any atom is -0.465 e. The van der Waals surface area contributed by atoms with Gasteiger partial charge in [0.05, 0.1) is 25.0 Å². The second kappa shape index (κ2) is 12.7. The van der Waals surface area contributed by atoms with Gasteiger partial charge in [-0.2, -0.15) is 0 Å². The first kappa shape index (κ1) is 19.9. The summed E-state index contributed by atoms with van der Waals surface area (Å²) in [4.78, 5) is 24.2. The summed E-state index contributed by atoms with van der Waals surface area (Å²) in [5, 5.41) is 0. The molecule has 0 aromatic rings. The number of unbranched alkanes of at least 4 members (excludes halogenated alkanes) is 3. The topological polar surface area (TPSA) is 52.6 Å². The number of rotatable bonds is 12. The van der Waals surface area contributed by atoms with Crippen LogP contribution < -0.4 is 0 Å². The lowest BCUT2D eigenvalue weighted by Crippen LogP contribution is -2.31. The quantitative estimate of drug-likeness (QED) is 0.402. The largest absolute Gasteiger partial charge is 0.465 e. The fraction of sp³-hybridized carbons (Fsp3) is 0.882. The summed E-state index contributed by atoms with van der Waals surface area (Å²) in [6.45, 7) is 8.82. The van der Waals surface area contributed by atoms with Gasteiger partial charge >= 0.3 is 11.9 Å².